The molecule has 0 aliphatic rings. The summed E-state index contributed by atoms with van der Waals surface area (Å²) in [6.45, 7) is 10.1. The van der Waals surface area contributed by atoms with Crippen molar-refractivity contribution in [1.82, 2.24) is 19.3 Å². The van der Waals surface area contributed by atoms with Gasteiger partial charge in [-0.1, -0.05) is 52.0 Å². The molecule has 0 bridgehead atoms. The lowest BCUT2D eigenvalue weighted by Crippen LogP contribution is -2.19. The number of carbonyl (C=O) groups excluding carboxylic acids is 1. The molecule has 0 saturated carbocycles. The molecular weight excluding hydrogens is 588 g/mol. The summed E-state index contributed by atoms with van der Waals surface area (Å²) in [5.74, 6) is -0.295. The second-order valence-electron chi connectivity index (χ2n) is 12.0. The lowest BCUT2D eigenvalue weighted by molar-refractivity contribution is 0.102. The molecule has 0 unspecified atom stereocenters. The number of hydrogen-bond acceptors (Lipinski definition) is 6. The van der Waals surface area contributed by atoms with Crippen LogP contribution in [0.2, 0.25) is 0 Å². The average molecular weight is 627 g/mol. The number of rotatable bonds is 9. The molecule has 5 aromatic rings. The standard InChI is InChI=1S/C34H38N6O4S/c1-8-30-27(19-36-40(30)25-12-10-9-11-13-25)29-20-39(21-35-29)31-18-24(15-14-22(31)2)37-33(41)26-16-23(34(3,4)5)17-28(32(26)44-6)38-45(7,42)43/h9-21,38H,8H2,1-7H3,(H,37,41). The first-order chi connectivity index (χ1) is 21.3. The maximum absolute atomic E-state index is 13.7. The van der Waals surface area contributed by atoms with Gasteiger partial charge >= 0.3 is 0 Å². The third-order valence-electron chi connectivity index (χ3n) is 7.51. The Bertz CT molecular complexity index is 1970. The van der Waals surface area contributed by atoms with Gasteiger partial charge in [-0.15, -0.1) is 0 Å². The second kappa shape index (κ2) is 12.2. The van der Waals surface area contributed by atoms with Gasteiger partial charge in [0.05, 0.1) is 59.9 Å². The molecule has 3 aromatic carbocycles. The molecule has 2 aromatic heterocycles. The number of nitrogens with one attached hydrogen (secondary N) is 2. The highest BCUT2D eigenvalue weighted by Crippen LogP contribution is 2.36. The number of anilines is 2. The SMILES string of the molecule is CCc1c(-c2cn(-c3cc(NC(=O)c4cc(C(C)(C)C)cc(NS(C)(=O)=O)c4OC)ccc3C)cn2)cnn1-c1ccccc1. The van der Waals surface area contributed by atoms with Gasteiger partial charge in [0.15, 0.2) is 5.75 Å². The highest BCUT2D eigenvalue weighted by atomic mass is 32.2. The largest absolute Gasteiger partial charge is 0.494 e. The number of hydrogen-bond donors (Lipinski definition) is 2. The number of nitrogens with zero attached hydrogens (tertiary/aromatic N) is 4. The van der Waals surface area contributed by atoms with Crippen molar-refractivity contribution in [1.29, 1.82) is 0 Å². The van der Waals surface area contributed by atoms with Crippen LogP contribution >= 0.6 is 0 Å². The van der Waals surface area contributed by atoms with E-state index in [1.165, 1.54) is 7.11 Å². The van der Waals surface area contributed by atoms with Crippen LogP contribution in [0, 0.1) is 6.92 Å². The monoisotopic (exact) mass is 626 g/mol. The molecule has 2 N–H and O–H groups in total. The fraction of sp³-hybridized carbons (Fsp3) is 0.265. The molecule has 2 heterocycles. The molecule has 0 atom stereocenters. The Morgan fingerprint density at radius 1 is 1.04 bits per heavy atom. The van der Waals surface area contributed by atoms with Crippen LogP contribution in [0.15, 0.2) is 79.4 Å². The third-order valence-corrected chi connectivity index (χ3v) is 8.10. The van der Waals surface area contributed by atoms with E-state index in [1.54, 1.807) is 18.5 Å². The van der Waals surface area contributed by atoms with E-state index in [-0.39, 0.29) is 22.4 Å². The quantitative estimate of drug-likeness (QED) is 0.192. The molecule has 0 radical (unpaired) electrons. The van der Waals surface area contributed by atoms with Crippen LogP contribution in [0.4, 0.5) is 11.4 Å². The molecule has 45 heavy (non-hydrogen) atoms. The molecule has 0 aliphatic carbocycles. The summed E-state index contributed by atoms with van der Waals surface area (Å²) in [7, 11) is -2.22. The predicted octanol–water partition coefficient (Wildman–Crippen LogP) is 6.53. The van der Waals surface area contributed by atoms with Gasteiger partial charge in [0.2, 0.25) is 10.0 Å². The van der Waals surface area contributed by atoms with Crippen molar-refractivity contribution in [2.75, 3.05) is 23.4 Å². The van der Waals surface area contributed by atoms with Crippen LogP contribution in [-0.2, 0) is 21.9 Å². The second-order valence-corrected chi connectivity index (χ2v) is 13.7. The van der Waals surface area contributed by atoms with E-state index in [2.05, 4.69) is 22.1 Å². The molecule has 0 fully saturated rings. The summed E-state index contributed by atoms with van der Waals surface area (Å²) in [6, 6.07) is 19.1. The number of amides is 1. The van der Waals surface area contributed by atoms with Crippen LogP contribution in [-0.4, -0.2) is 47.0 Å². The fourth-order valence-electron chi connectivity index (χ4n) is 5.20. The van der Waals surface area contributed by atoms with Gasteiger partial charge in [0.25, 0.3) is 5.91 Å². The Morgan fingerprint density at radius 2 is 1.78 bits per heavy atom. The van der Waals surface area contributed by atoms with E-state index in [4.69, 9.17) is 9.72 Å². The first-order valence-corrected chi connectivity index (χ1v) is 16.5. The normalized spacial score (nSPS) is 11.8. The minimum absolute atomic E-state index is 0.139. The highest BCUT2D eigenvalue weighted by Gasteiger charge is 2.25. The maximum atomic E-state index is 13.7. The van der Waals surface area contributed by atoms with E-state index in [0.717, 1.165) is 52.1 Å². The fourth-order valence-corrected chi connectivity index (χ4v) is 5.75. The van der Waals surface area contributed by atoms with E-state index >= 15 is 0 Å². The topological polar surface area (TPSA) is 120 Å². The van der Waals surface area contributed by atoms with Gasteiger partial charge in [-0.25, -0.2) is 18.1 Å². The molecule has 5 rings (SSSR count). The number of methoxy groups -OCH3 is 1. The lowest BCUT2D eigenvalue weighted by Gasteiger charge is -2.23. The number of benzene rings is 3. The minimum Gasteiger partial charge on any atom is -0.494 e. The van der Waals surface area contributed by atoms with Crippen LogP contribution in [0.1, 0.15) is 54.9 Å². The maximum Gasteiger partial charge on any atom is 0.259 e. The zero-order chi connectivity index (χ0) is 32.5. The zero-order valence-corrected chi connectivity index (χ0v) is 27.4. The van der Waals surface area contributed by atoms with Crippen molar-refractivity contribution in [3.8, 4) is 28.4 Å². The van der Waals surface area contributed by atoms with E-state index in [1.807, 2.05) is 97.9 Å². The number of imidazole rings is 1. The first kappa shape index (κ1) is 31.5. The Morgan fingerprint density at radius 3 is 2.42 bits per heavy atom. The average Bonchev–Trinajstić information content (AvgIpc) is 3.64. The number of sulfonamides is 1. The number of aromatic nitrogens is 4. The minimum atomic E-state index is -3.63. The van der Waals surface area contributed by atoms with Crippen molar-refractivity contribution in [2.45, 2.75) is 46.5 Å². The van der Waals surface area contributed by atoms with Crippen molar-refractivity contribution in [3.05, 3.63) is 102 Å². The van der Waals surface area contributed by atoms with Crippen molar-refractivity contribution in [3.63, 3.8) is 0 Å². The predicted molar refractivity (Wildman–Crippen MR) is 178 cm³/mol. The summed E-state index contributed by atoms with van der Waals surface area (Å²) < 4.78 is 36.2. The van der Waals surface area contributed by atoms with Gasteiger partial charge in [-0.3, -0.25) is 9.52 Å². The Kier molecular flexibility index (Phi) is 8.57. The Balaban J connectivity index is 1.48. The number of aryl methyl sites for hydroxylation is 1. The van der Waals surface area contributed by atoms with E-state index in [9.17, 15) is 13.2 Å². The smallest absolute Gasteiger partial charge is 0.259 e. The summed E-state index contributed by atoms with van der Waals surface area (Å²) in [6.07, 6.45) is 7.39. The molecule has 10 nitrogen and oxygen atoms in total. The van der Waals surface area contributed by atoms with Gasteiger partial charge in [0, 0.05) is 17.4 Å². The molecule has 0 aliphatic heterocycles. The van der Waals surface area contributed by atoms with Gasteiger partial charge in [0.1, 0.15) is 0 Å². The molecule has 1 amide bonds. The molecule has 11 heteroatoms. The van der Waals surface area contributed by atoms with E-state index in [0.29, 0.717) is 5.69 Å². The van der Waals surface area contributed by atoms with Crippen molar-refractivity contribution in [2.24, 2.45) is 0 Å². The third kappa shape index (κ3) is 6.78. The van der Waals surface area contributed by atoms with Gasteiger partial charge in [-0.2, -0.15) is 5.10 Å². The summed E-state index contributed by atoms with van der Waals surface area (Å²) in [5.41, 5.74) is 7.00. The Hall–Kier alpha value is -4.90. The summed E-state index contributed by atoms with van der Waals surface area (Å²) in [4.78, 5) is 18.4. The molecular formula is C34H38N6O4S. The van der Waals surface area contributed by atoms with Gasteiger partial charge in [-0.05, 0) is 66.3 Å². The van der Waals surface area contributed by atoms with Crippen molar-refractivity contribution >= 4 is 27.3 Å². The van der Waals surface area contributed by atoms with Crippen molar-refractivity contribution < 1.29 is 17.9 Å². The first-order valence-electron chi connectivity index (χ1n) is 14.6. The summed E-state index contributed by atoms with van der Waals surface area (Å²) in [5, 5.41) is 7.62. The van der Waals surface area contributed by atoms with Crippen LogP contribution in [0.25, 0.3) is 22.6 Å². The van der Waals surface area contributed by atoms with Crippen LogP contribution < -0.4 is 14.8 Å². The Labute approximate surface area is 264 Å². The number of carbonyl (C=O) groups is 1. The van der Waals surface area contributed by atoms with Crippen LogP contribution in [0.3, 0.4) is 0 Å². The summed E-state index contributed by atoms with van der Waals surface area (Å²) >= 11 is 0. The van der Waals surface area contributed by atoms with E-state index < -0.39 is 15.9 Å². The highest BCUT2D eigenvalue weighted by molar-refractivity contribution is 7.92. The number of ether oxygens (including phenoxy) is 1. The number of para-hydroxylation sites is 1. The molecule has 0 spiro atoms. The lowest BCUT2D eigenvalue weighted by atomic mass is 9.85. The van der Waals surface area contributed by atoms with Gasteiger partial charge < -0.3 is 14.6 Å². The van der Waals surface area contributed by atoms with Crippen LogP contribution in [0.5, 0.6) is 5.75 Å². The molecule has 0 saturated heterocycles. The molecule has 234 valence electrons. The zero-order valence-electron chi connectivity index (χ0n) is 26.5.